The predicted octanol–water partition coefficient (Wildman–Crippen LogP) is 4.27. The third-order valence-electron chi connectivity index (χ3n) is 3.21. The molecule has 0 aromatic carbocycles. The first kappa shape index (κ1) is 19.9. The molecule has 0 unspecified atom stereocenters. The minimum absolute atomic E-state index is 0.0502. The van der Waals surface area contributed by atoms with Crippen LogP contribution in [0.5, 0.6) is 0 Å². The highest BCUT2D eigenvalue weighted by molar-refractivity contribution is 5.76. The second-order valence-corrected chi connectivity index (χ2v) is 7.34. The van der Waals surface area contributed by atoms with Gasteiger partial charge in [-0.2, -0.15) is 0 Å². The zero-order chi connectivity index (χ0) is 16.6. The first-order valence-corrected chi connectivity index (χ1v) is 8.00. The minimum atomic E-state index is -0.964. The van der Waals surface area contributed by atoms with Crippen LogP contribution in [0.2, 0.25) is 0 Å². The third-order valence-corrected chi connectivity index (χ3v) is 3.21. The van der Waals surface area contributed by atoms with Crippen molar-refractivity contribution >= 4 is 11.9 Å². The fourth-order valence-electron chi connectivity index (χ4n) is 3.11. The number of hydrogen-bond acceptors (Lipinski definition) is 3. The van der Waals surface area contributed by atoms with Crippen LogP contribution in [0.3, 0.4) is 0 Å². The molecule has 21 heavy (non-hydrogen) atoms. The highest BCUT2D eigenvalue weighted by Crippen LogP contribution is 2.35. The normalized spacial score (nSPS) is 12.2. The van der Waals surface area contributed by atoms with E-state index in [9.17, 15) is 9.59 Å². The van der Waals surface area contributed by atoms with E-state index in [1.54, 1.807) is 0 Å². The van der Waals surface area contributed by atoms with Crippen molar-refractivity contribution in [2.75, 3.05) is 0 Å². The fourth-order valence-corrected chi connectivity index (χ4v) is 3.11. The van der Waals surface area contributed by atoms with Crippen molar-refractivity contribution in [3.63, 3.8) is 0 Å². The molecule has 0 aliphatic heterocycles. The molecule has 0 aliphatic carbocycles. The monoisotopic (exact) mass is 300 g/mol. The molecule has 0 heterocycles. The van der Waals surface area contributed by atoms with Crippen LogP contribution < -0.4 is 0 Å². The van der Waals surface area contributed by atoms with Gasteiger partial charge in [-0.25, -0.2) is 0 Å². The summed E-state index contributed by atoms with van der Waals surface area (Å²) in [6.07, 6.45) is 2.25. The van der Waals surface area contributed by atoms with Gasteiger partial charge in [-0.15, -0.1) is 0 Å². The van der Waals surface area contributed by atoms with Crippen molar-refractivity contribution in [3.05, 3.63) is 0 Å². The topological polar surface area (TPSA) is 63.6 Å². The van der Waals surface area contributed by atoms with E-state index in [0.717, 1.165) is 19.3 Å². The average Bonchev–Trinajstić information content (AvgIpc) is 2.22. The van der Waals surface area contributed by atoms with Crippen molar-refractivity contribution in [1.82, 2.24) is 0 Å². The summed E-state index contributed by atoms with van der Waals surface area (Å²) in [5.41, 5.74) is -0.466. The second kappa shape index (κ2) is 9.06. The van der Waals surface area contributed by atoms with Crippen LogP contribution in [-0.4, -0.2) is 22.6 Å². The smallest absolute Gasteiger partial charge is 0.306 e. The second-order valence-electron chi connectivity index (χ2n) is 7.34. The number of carboxylic acids is 1. The molecule has 0 amide bonds. The Morgan fingerprint density at radius 2 is 1.24 bits per heavy atom. The molecule has 0 aromatic rings. The molecular weight excluding hydrogens is 268 g/mol. The number of aliphatic carboxylic acids is 1. The van der Waals surface area contributed by atoms with E-state index in [1.165, 1.54) is 0 Å². The minimum Gasteiger partial charge on any atom is -0.481 e. The number of carbonyl (C=O) groups is 2. The zero-order valence-electron chi connectivity index (χ0n) is 14.4. The average molecular weight is 300 g/mol. The number of esters is 1. The maximum absolute atomic E-state index is 12.0. The standard InChI is InChI=1S/C17H32O4/c1-12(2)9-17(10-13(3)4,11-14(5)6)21-16(20)8-7-15(18)19/h12-14H,7-11H2,1-6H3,(H,18,19). The molecule has 0 spiro atoms. The molecule has 0 atom stereocenters. The first-order valence-electron chi connectivity index (χ1n) is 8.00. The molecule has 0 radical (unpaired) electrons. The molecule has 0 saturated heterocycles. The van der Waals surface area contributed by atoms with E-state index in [-0.39, 0.29) is 18.8 Å². The quantitative estimate of drug-likeness (QED) is 0.612. The fraction of sp³-hybridized carbons (Fsp3) is 0.882. The molecule has 0 bridgehead atoms. The number of rotatable bonds is 10. The molecular formula is C17H32O4. The summed E-state index contributed by atoms with van der Waals surface area (Å²) in [6, 6.07) is 0. The Kier molecular flexibility index (Phi) is 8.60. The molecule has 1 N–H and O–H groups in total. The highest BCUT2D eigenvalue weighted by atomic mass is 16.6. The van der Waals surface area contributed by atoms with Crippen LogP contribution >= 0.6 is 0 Å². The van der Waals surface area contributed by atoms with Gasteiger partial charge in [0.25, 0.3) is 0 Å². The van der Waals surface area contributed by atoms with Gasteiger partial charge in [0.15, 0.2) is 0 Å². The van der Waals surface area contributed by atoms with Crippen molar-refractivity contribution in [3.8, 4) is 0 Å². The Morgan fingerprint density at radius 3 is 1.52 bits per heavy atom. The number of carbonyl (C=O) groups excluding carboxylic acids is 1. The van der Waals surface area contributed by atoms with Gasteiger partial charge >= 0.3 is 11.9 Å². The number of carboxylic acid groups (broad SMARTS) is 1. The summed E-state index contributed by atoms with van der Waals surface area (Å²) in [7, 11) is 0. The molecule has 0 saturated carbocycles. The van der Waals surface area contributed by atoms with Crippen LogP contribution in [0, 0.1) is 17.8 Å². The molecule has 4 heteroatoms. The third kappa shape index (κ3) is 9.48. The van der Waals surface area contributed by atoms with Gasteiger partial charge in [-0.05, 0) is 37.0 Å². The summed E-state index contributed by atoms with van der Waals surface area (Å²) in [4.78, 5) is 22.6. The summed E-state index contributed by atoms with van der Waals surface area (Å²) in [5.74, 6) is -0.0761. The van der Waals surface area contributed by atoms with E-state index >= 15 is 0 Å². The van der Waals surface area contributed by atoms with E-state index in [2.05, 4.69) is 41.5 Å². The Bertz CT molecular complexity index is 305. The summed E-state index contributed by atoms with van der Waals surface area (Å²) in [6.45, 7) is 12.8. The van der Waals surface area contributed by atoms with Crippen LogP contribution in [-0.2, 0) is 14.3 Å². The lowest BCUT2D eigenvalue weighted by atomic mass is 9.79. The molecule has 4 nitrogen and oxygen atoms in total. The van der Waals surface area contributed by atoms with Crippen LogP contribution in [0.25, 0.3) is 0 Å². The maximum atomic E-state index is 12.0. The van der Waals surface area contributed by atoms with Crippen LogP contribution in [0.4, 0.5) is 0 Å². The Labute approximate surface area is 129 Å². The molecule has 124 valence electrons. The predicted molar refractivity (Wildman–Crippen MR) is 84.1 cm³/mol. The van der Waals surface area contributed by atoms with Crippen molar-refractivity contribution < 1.29 is 19.4 Å². The van der Waals surface area contributed by atoms with Gasteiger partial charge in [0.2, 0.25) is 0 Å². The summed E-state index contributed by atoms with van der Waals surface area (Å²) in [5, 5.41) is 8.69. The van der Waals surface area contributed by atoms with Crippen molar-refractivity contribution in [1.29, 1.82) is 0 Å². The SMILES string of the molecule is CC(C)CC(CC(C)C)(CC(C)C)OC(=O)CCC(=O)O. The lowest BCUT2D eigenvalue weighted by molar-refractivity contribution is -0.167. The van der Waals surface area contributed by atoms with Crippen LogP contribution in [0.15, 0.2) is 0 Å². The van der Waals surface area contributed by atoms with Gasteiger partial charge in [0.05, 0.1) is 12.8 Å². The molecule has 0 rings (SSSR count). The van der Waals surface area contributed by atoms with Gasteiger partial charge in [-0.3, -0.25) is 9.59 Å². The van der Waals surface area contributed by atoms with Gasteiger partial charge < -0.3 is 9.84 Å². The van der Waals surface area contributed by atoms with E-state index in [0.29, 0.717) is 17.8 Å². The molecule has 0 aliphatic rings. The van der Waals surface area contributed by atoms with Gasteiger partial charge in [-0.1, -0.05) is 41.5 Å². The Hall–Kier alpha value is -1.06. The lowest BCUT2D eigenvalue weighted by Gasteiger charge is -2.38. The van der Waals surface area contributed by atoms with Gasteiger partial charge in [0, 0.05) is 0 Å². The maximum Gasteiger partial charge on any atom is 0.306 e. The zero-order valence-corrected chi connectivity index (χ0v) is 14.4. The number of ether oxygens (including phenoxy) is 1. The lowest BCUT2D eigenvalue weighted by Crippen LogP contribution is -2.39. The van der Waals surface area contributed by atoms with Crippen molar-refractivity contribution in [2.24, 2.45) is 17.8 Å². The largest absolute Gasteiger partial charge is 0.481 e. The van der Waals surface area contributed by atoms with E-state index < -0.39 is 11.6 Å². The molecule has 0 aromatic heterocycles. The van der Waals surface area contributed by atoms with Gasteiger partial charge in [0.1, 0.15) is 5.60 Å². The van der Waals surface area contributed by atoms with E-state index in [1.807, 2.05) is 0 Å². The van der Waals surface area contributed by atoms with E-state index in [4.69, 9.17) is 9.84 Å². The first-order chi connectivity index (χ1) is 9.56. The van der Waals surface area contributed by atoms with Crippen LogP contribution in [0.1, 0.15) is 73.6 Å². The Balaban J connectivity index is 5.03. The highest BCUT2D eigenvalue weighted by Gasteiger charge is 2.36. The molecule has 0 fully saturated rings. The number of hydrogen-bond donors (Lipinski definition) is 1. The van der Waals surface area contributed by atoms with Crippen molar-refractivity contribution in [2.45, 2.75) is 79.2 Å². The Morgan fingerprint density at radius 1 is 0.857 bits per heavy atom. The summed E-state index contributed by atoms with van der Waals surface area (Å²) >= 11 is 0. The summed E-state index contributed by atoms with van der Waals surface area (Å²) < 4.78 is 5.82.